The Morgan fingerprint density at radius 3 is 3.20 bits per heavy atom. The summed E-state index contributed by atoms with van der Waals surface area (Å²) in [6.45, 7) is 1.17. The average molecular weight is 266 g/mol. The summed E-state index contributed by atoms with van der Waals surface area (Å²) >= 11 is 3.67. The van der Waals surface area contributed by atoms with Gasteiger partial charge in [-0.25, -0.2) is 0 Å². The maximum Gasteiger partial charge on any atom is 0.0210 e. The first-order chi connectivity index (χ1) is 7.28. The molecule has 2 aliphatic carbocycles. The first-order valence-electron chi connectivity index (χ1n) is 5.70. The van der Waals surface area contributed by atoms with Crippen molar-refractivity contribution in [3.05, 3.63) is 33.8 Å². The monoisotopic (exact) mass is 265 g/mol. The van der Waals surface area contributed by atoms with Crippen molar-refractivity contribution in [1.29, 1.82) is 0 Å². The van der Waals surface area contributed by atoms with Crippen LogP contribution in [0.25, 0.3) is 0 Å². The predicted octanol–water partition coefficient (Wildman–Crippen LogP) is 2.87. The van der Waals surface area contributed by atoms with Crippen LogP contribution in [0.2, 0.25) is 0 Å². The van der Waals surface area contributed by atoms with Gasteiger partial charge in [0.15, 0.2) is 0 Å². The maximum atomic E-state index is 3.67. The van der Waals surface area contributed by atoms with Crippen LogP contribution >= 0.6 is 15.9 Å². The number of benzene rings is 1. The standard InChI is InChI=1S/C13H16BrN/c1-15-8-9-7-13(9)6-5-10-11(13)3-2-4-12(10)14/h2-4,9,15H,5-8H2,1H3. The van der Waals surface area contributed by atoms with Gasteiger partial charge in [-0.2, -0.15) is 0 Å². The first-order valence-corrected chi connectivity index (χ1v) is 6.50. The predicted molar refractivity (Wildman–Crippen MR) is 66.2 cm³/mol. The SMILES string of the molecule is CNCC1CC12CCc1c(Br)cccc12. The molecule has 0 bridgehead atoms. The molecule has 0 amide bonds. The molecule has 0 radical (unpaired) electrons. The second kappa shape index (κ2) is 3.33. The number of rotatable bonds is 2. The highest BCUT2D eigenvalue weighted by molar-refractivity contribution is 9.10. The van der Waals surface area contributed by atoms with Crippen molar-refractivity contribution < 1.29 is 0 Å². The molecular weight excluding hydrogens is 250 g/mol. The van der Waals surface area contributed by atoms with E-state index >= 15 is 0 Å². The third-order valence-electron chi connectivity index (χ3n) is 4.16. The summed E-state index contributed by atoms with van der Waals surface area (Å²) in [6, 6.07) is 6.70. The molecule has 1 nitrogen and oxygen atoms in total. The second-order valence-corrected chi connectivity index (χ2v) is 5.74. The van der Waals surface area contributed by atoms with Crippen LogP contribution in [0.4, 0.5) is 0 Å². The zero-order chi connectivity index (χ0) is 10.5. The van der Waals surface area contributed by atoms with Crippen LogP contribution in [0.1, 0.15) is 24.0 Å². The van der Waals surface area contributed by atoms with Crippen LogP contribution in [0, 0.1) is 5.92 Å². The molecule has 15 heavy (non-hydrogen) atoms. The molecule has 1 saturated carbocycles. The van der Waals surface area contributed by atoms with Crippen LogP contribution in [0.5, 0.6) is 0 Å². The van der Waals surface area contributed by atoms with E-state index < -0.39 is 0 Å². The molecule has 1 spiro atoms. The number of fused-ring (bicyclic) bond motifs is 2. The van der Waals surface area contributed by atoms with Crippen LogP contribution in [-0.2, 0) is 11.8 Å². The molecule has 2 heteroatoms. The summed E-state index contributed by atoms with van der Waals surface area (Å²) < 4.78 is 1.31. The van der Waals surface area contributed by atoms with E-state index in [0.717, 1.165) is 5.92 Å². The molecule has 3 rings (SSSR count). The smallest absolute Gasteiger partial charge is 0.0210 e. The fourth-order valence-corrected chi connectivity index (χ4v) is 3.86. The molecule has 2 aliphatic rings. The molecule has 2 unspecified atom stereocenters. The molecule has 1 aromatic carbocycles. The molecule has 1 N–H and O–H groups in total. The zero-order valence-corrected chi connectivity index (χ0v) is 10.6. The Morgan fingerprint density at radius 2 is 2.40 bits per heavy atom. The lowest BCUT2D eigenvalue weighted by Gasteiger charge is -2.11. The number of halogens is 1. The fraction of sp³-hybridized carbons (Fsp3) is 0.538. The van der Waals surface area contributed by atoms with Gasteiger partial charge in [-0.3, -0.25) is 0 Å². The van der Waals surface area contributed by atoms with Gasteiger partial charge < -0.3 is 5.32 Å². The normalized spacial score (nSPS) is 32.0. The molecule has 0 aromatic heterocycles. The minimum absolute atomic E-state index is 0.544. The Bertz CT molecular complexity index is 402. The van der Waals surface area contributed by atoms with Gasteiger partial charge in [-0.05, 0) is 56.0 Å². The lowest BCUT2D eigenvalue weighted by Crippen LogP contribution is -2.16. The Balaban J connectivity index is 1.97. The molecular formula is C13H16BrN. The van der Waals surface area contributed by atoms with E-state index in [9.17, 15) is 0 Å². The Labute approximate surface area is 99.4 Å². The largest absolute Gasteiger partial charge is 0.319 e. The van der Waals surface area contributed by atoms with Crippen molar-refractivity contribution in [2.45, 2.75) is 24.7 Å². The summed E-state index contributed by atoms with van der Waals surface area (Å²) in [7, 11) is 2.06. The summed E-state index contributed by atoms with van der Waals surface area (Å²) in [5.41, 5.74) is 3.73. The van der Waals surface area contributed by atoms with Gasteiger partial charge in [0, 0.05) is 9.89 Å². The summed E-state index contributed by atoms with van der Waals surface area (Å²) in [4.78, 5) is 0. The lowest BCUT2D eigenvalue weighted by molar-refractivity contribution is 0.572. The van der Waals surface area contributed by atoms with E-state index in [-0.39, 0.29) is 0 Å². The zero-order valence-electron chi connectivity index (χ0n) is 9.02. The van der Waals surface area contributed by atoms with Crippen LogP contribution in [-0.4, -0.2) is 13.6 Å². The van der Waals surface area contributed by atoms with E-state index in [1.54, 1.807) is 11.1 Å². The topological polar surface area (TPSA) is 12.0 Å². The summed E-state index contributed by atoms with van der Waals surface area (Å²) in [6.07, 6.45) is 4.01. The van der Waals surface area contributed by atoms with Gasteiger partial charge in [0.25, 0.3) is 0 Å². The van der Waals surface area contributed by atoms with Crippen LogP contribution < -0.4 is 5.32 Å². The van der Waals surface area contributed by atoms with Crippen molar-refractivity contribution >= 4 is 15.9 Å². The van der Waals surface area contributed by atoms with E-state index in [4.69, 9.17) is 0 Å². The third-order valence-corrected chi connectivity index (χ3v) is 4.90. The Morgan fingerprint density at radius 1 is 1.53 bits per heavy atom. The van der Waals surface area contributed by atoms with Crippen molar-refractivity contribution in [3.63, 3.8) is 0 Å². The van der Waals surface area contributed by atoms with Gasteiger partial charge in [-0.1, -0.05) is 28.1 Å². The van der Waals surface area contributed by atoms with Crippen molar-refractivity contribution in [3.8, 4) is 0 Å². The van der Waals surface area contributed by atoms with E-state index in [2.05, 4.69) is 46.5 Å². The molecule has 2 atom stereocenters. The minimum Gasteiger partial charge on any atom is -0.319 e. The molecule has 80 valence electrons. The van der Waals surface area contributed by atoms with E-state index in [1.807, 2.05) is 0 Å². The van der Waals surface area contributed by atoms with E-state index in [1.165, 1.54) is 30.3 Å². The van der Waals surface area contributed by atoms with E-state index in [0.29, 0.717) is 5.41 Å². The highest BCUT2D eigenvalue weighted by atomic mass is 79.9. The molecule has 1 fully saturated rings. The Hall–Kier alpha value is -0.340. The average Bonchev–Trinajstić information content (AvgIpc) is 2.77. The second-order valence-electron chi connectivity index (χ2n) is 4.88. The first kappa shape index (κ1) is 9.86. The summed E-state index contributed by atoms with van der Waals surface area (Å²) in [5, 5.41) is 3.31. The number of hydrogen-bond acceptors (Lipinski definition) is 1. The Kier molecular flexibility index (Phi) is 2.18. The highest BCUT2D eigenvalue weighted by Gasteiger charge is 2.57. The molecule has 0 saturated heterocycles. The lowest BCUT2D eigenvalue weighted by atomic mass is 9.95. The van der Waals surface area contributed by atoms with Gasteiger partial charge in [0.05, 0.1) is 0 Å². The molecule has 1 aromatic rings. The highest BCUT2D eigenvalue weighted by Crippen LogP contribution is 2.61. The van der Waals surface area contributed by atoms with Gasteiger partial charge >= 0.3 is 0 Å². The van der Waals surface area contributed by atoms with Gasteiger partial charge in [-0.15, -0.1) is 0 Å². The fourth-order valence-electron chi connectivity index (χ4n) is 3.29. The third kappa shape index (κ3) is 1.31. The van der Waals surface area contributed by atoms with Gasteiger partial charge in [0.2, 0.25) is 0 Å². The maximum absolute atomic E-state index is 3.67. The molecule has 0 heterocycles. The minimum atomic E-state index is 0.544. The van der Waals surface area contributed by atoms with Gasteiger partial charge in [0.1, 0.15) is 0 Å². The number of hydrogen-bond donors (Lipinski definition) is 1. The number of nitrogens with one attached hydrogen (secondary N) is 1. The molecule has 0 aliphatic heterocycles. The van der Waals surface area contributed by atoms with Crippen molar-refractivity contribution in [2.75, 3.05) is 13.6 Å². The summed E-state index contributed by atoms with van der Waals surface area (Å²) in [5.74, 6) is 0.873. The van der Waals surface area contributed by atoms with Crippen molar-refractivity contribution in [1.82, 2.24) is 5.32 Å². The quantitative estimate of drug-likeness (QED) is 0.868. The van der Waals surface area contributed by atoms with Crippen LogP contribution in [0.15, 0.2) is 22.7 Å². The van der Waals surface area contributed by atoms with Crippen molar-refractivity contribution in [2.24, 2.45) is 5.92 Å². The van der Waals surface area contributed by atoms with Crippen LogP contribution in [0.3, 0.4) is 0 Å².